The topological polar surface area (TPSA) is 34.2 Å². The largest absolute Gasteiger partial charge is 0.496 e. The molecule has 2 aromatic carbocycles. The average Bonchev–Trinajstić information content (AvgIpc) is 2.84. The first-order chi connectivity index (χ1) is 11.1. The highest BCUT2D eigenvalue weighted by atomic mass is 16.5. The molecule has 1 aliphatic heterocycles. The van der Waals surface area contributed by atoms with Crippen molar-refractivity contribution >= 4 is 11.4 Å². The lowest BCUT2D eigenvalue weighted by molar-refractivity contribution is 0.340. The summed E-state index contributed by atoms with van der Waals surface area (Å²) in [5, 5.41) is 0. The minimum absolute atomic E-state index is 0.0348. The fraction of sp³-hybridized carbons (Fsp3) is 0.333. The first kappa shape index (κ1) is 15.3. The van der Waals surface area contributed by atoms with Gasteiger partial charge in [-0.15, -0.1) is 0 Å². The zero-order valence-corrected chi connectivity index (χ0v) is 14.2. The Hall–Kier alpha value is -2.56. The van der Waals surface area contributed by atoms with E-state index in [0.29, 0.717) is 11.5 Å². The number of fused-ring (bicyclic) bond motifs is 1. The van der Waals surface area contributed by atoms with E-state index in [1.165, 1.54) is 11.4 Å². The van der Waals surface area contributed by atoms with Crippen LogP contribution in [0, 0.1) is 0 Å². The van der Waals surface area contributed by atoms with Crippen molar-refractivity contribution in [3.05, 3.63) is 42.0 Å². The van der Waals surface area contributed by atoms with E-state index >= 15 is 0 Å². The van der Waals surface area contributed by atoms with Gasteiger partial charge in [0.2, 0.25) is 0 Å². The molecule has 0 aliphatic carbocycles. The molecule has 0 unspecified atom stereocenters. The van der Waals surface area contributed by atoms with Crippen LogP contribution in [0.15, 0.2) is 36.4 Å². The Bertz CT molecular complexity index is 688. The smallest absolute Gasteiger partial charge is 0.171 e. The Labute approximate surface area is 137 Å². The maximum Gasteiger partial charge on any atom is 0.171 e. The number of hydrogen-bond acceptors (Lipinski definition) is 5. The van der Waals surface area contributed by atoms with Crippen LogP contribution in [0.5, 0.6) is 17.2 Å². The maximum absolute atomic E-state index is 5.66. The minimum Gasteiger partial charge on any atom is -0.496 e. The Morgan fingerprint density at radius 1 is 0.739 bits per heavy atom. The highest BCUT2D eigenvalue weighted by Gasteiger charge is 2.37. The van der Waals surface area contributed by atoms with Crippen molar-refractivity contribution in [1.82, 2.24) is 0 Å². The molecule has 0 radical (unpaired) electrons. The molecule has 0 N–H and O–H groups in total. The molecule has 0 atom stereocenters. The van der Waals surface area contributed by atoms with Gasteiger partial charge in [0.1, 0.15) is 11.9 Å². The Kier molecular flexibility index (Phi) is 3.94. The first-order valence-corrected chi connectivity index (χ1v) is 7.47. The molecule has 1 aliphatic rings. The number of hydrogen-bond donors (Lipinski definition) is 0. The zero-order valence-electron chi connectivity index (χ0n) is 14.2. The minimum atomic E-state index is -0.0348. The summed E-state index contributed by atoms with van der Waals surface area (Å²) in [7, 11) is 9.12. The summed E-state index contributed by atoms with van der Waals surface area (Å²) in [6, 6.07) is 12.1. The van der Waals surface area contributed by atoms with Gasteiger partial charge in [0.25, 0.3) is 0 Å². The van der Waals surface area contributed by atoms with E-state index in [0.717, 1.165) is 11.3 Å². The third-order valence-electron chi connectivity index (χ3n) is 4.40. The van der Waals surface area contributed by atoms with Gasteiger partial charge in [-0.05, 0) is 24.3 Å². The van der Waals surface area contributed by atoms with E-state index < -0.39 is 0 Å². The van der Waals surface area contributed by atoms with Crippen LogP contribution in [0.25, 0.3) is 0 Å². The molecule has 0 spiro atoms. The molecule has 0 saturated carbocycles. The van der Waals surface area contributed by atoms with Crippen LogP contribution < -0.4 is 24.0 Å². The van der Waals surface area contributed by atoms with Crippen molar-refractivity contribution in [2.45, 2.75) is 6.17 Å². The third kappa shape index (κ3) is 2.23. The van der Waals surface area contributed by atoms with Crippen molar-refractivity contribution in [2.24, 2.45) is 0 Å². The molecule has 0 amide bonds. The van der Waals surface area contributed by atoms with Gasteiger partial charge in [0, 0.05) is 14.1 Å². The molecular weight excluding hydrogens is 292 g/mol. The summed E-state index contributed by atoms with van der Waals surface area (Å²) in [5.41, 5.74) is 3.30. The van der Waals surface area contributed by atoms with E-state index in [-0.39, 0.29) is 6.17 Å². The number of para-hydroxylation sites is 2. The maximum atomic E-state index is 5.66. The summed E-state index contributed by atoms with van der Waals surface area (Å²) in [6.45, 7) is 0. The quantitative estimate of drug-likeness (QED) is 0.865. The van der Waals surface area contributed by atoms with Crippen LogP contribution >= 0.6 is 0 Å². The zero-order chi connectivity index (χ0) is 16.6. The van der Waals surface area contributed by atoms with Gasteiger partial charge in [-0.3, -0.25) is 0 Å². The number of ether oxygens (including phenoxy) is 3. The van der Waals surface area contributed by atoms with E-state index in [2.05, 4.69) is 36.0 Å². The summed E-state index contributed by atoms with van der Waals surface area (Å²) < 4.78 is 16.7. The van der Waals surface area contributed by atoms with Crippen LogP contribution in [0.2, 0.25) is 0 Å². The number of anilines is 2. The van der Waals surface area contributed by atoms with E-state index in [4.69, 9.17) is 14.2 Å². The molecule has 5 nitrogen and oxygen atoms in total. The molecule has 1 heterocycles. The Balaban J connectivity index is 2.19. The monoisotopic (exact) mass is 314 g/mol. The van der Waals surface area contributed by atoms with Crippen molar-refractivity contribution in [1.29, 1.82) is 0 Å². The van der Waals surface area contributed by atoms with Crippen molar-refractivity contribution < 1.29 is 14.2 Å². The molecule has 0 saturated heterocycles. The second-order valence-corrected chi connectivity index (χ2v) is 5.50. The standard InChI is InChI=1S/C18H22N2O3/c1-19-12-8-6-7-9-13(12)20(2)18(19)16-14(21-3)10-11-15(22-4)17(16)23-5/h6-11,18H,1-5H3. The van der Waals surface area contributed by atoms with Gasteiger partial charge in [0.05, 0.1) is 38.3 Å². The number of methoxy groups -OCH3 is 3. The molecule has 23 heavy (non-hydrogen) atoms. The van der Waals surface area contributed by atoms with Gasteiger partial charge in [-0.2, -0.15) is 0 Å². The lowest BCUT2D eigenvalue weighted by Gasteiger charge is -2.31. The van der Waals surface area contributed by atoms with Crippen molar-refractivity contribution in [2.75, 3.05) is 45.2 Å². The van der Waals surface area contributed by atoms with Crippen molar-refractivity contribution in [3.63, 3.8) is 0 Å². The number of benzene rings is 2. The highest BCUT2D eigenvalue weighted by molar-refractivity contribution is 5.79. The molecule has 0 fully saturated rings. The molecule has 2 aromatic rings. The predicted molar refractivity (Wildman–Crippen MR) is 92.1 cm³/mol. The van der Waals surface area contributed by atoms with Gasteiger partial charge < -0.3 is 24.0 Å². The molecule has 0 bridgehead atoms. The van der Waals surface area contributed by atoms with E-state index in [1.54, 1.807) is 21.3 Å². The lowest BCUT2D eigenvalue weighted by atomic mass is 10.1. The fourth-order valence-corrected chi connectivity index (χ4v) is 3.33. The van der Waals surface area contributed by atoms with Crippen LogP contribution in [0.4, 0.5) is 11.4 Å². The summed E-state index contributed by atoms with van der Waals surface area (Å²) in [4.78, 5) is 4.43. The fourth-order valence-electron chi connectivity index (χ4n) is 3.33. The molecule has 3 rings (SSSR count). The van der Waals surface area contributed by atoms with Crippen LogP contribution in [-0.2, 0) is 0 Å². The highest BCUT2D eigenvalue weighted by Crippen LogP contribution is 2.50. The number of rotatable bonds is 4. The van der Waals surface area contributed by atoms with Gasteiger partial charge in [-0.1, -0.05) is 12.1 Å². The molecular formula is C18H22N2O3. The molecule has 0 aromatic heterocycles. The molecule has 5 heteroatoms. The van der Waals surface area contributed by atoms with Crippen LogP contribution in [0.1, 0.15) is 11.7 Å². The SMILES string of the molecule is COc1ccc(OC)c(C2N(C)c3ccccc3N2C)c1OC. The van der Waals surface area contributed by atoms with Gasteiger partial charge >= 0.3 is 0 Å². The van der Waals surface area contributed by atoms with E-state index in [9.17, 15) is 0 Å². The summed E-state index contributed by atoms with van der Waals surface area (Å²) in [5.74, 6) is 2.17. The predicted octanol–water partition coefficient (Wildman–Crippen LogP) is 3.30. The normalized spacial score (nSPS) is 14.0. The average molecular weight is 314 g/mol. The Morgan fingerprint density at radius 3 is 1.74 bits per heavy atom. The van der Waals surface area contributed by atoms with E-state index in [1.807, 2.05) is 24.3 Å². The van der Waals surface area contributed by atoms with Gasteiger partial charge in [-0.25, -0.2) is 0 Å². The van der Waals surface area contributed by atoms with Crippen LogP contribution in [0.3, 0.4) is 0 Å². The van der Waals surface area contributed by atoms with Crippen molar-refractivity contribution in [3.8, 4) is 17.2 Å². The van der Waals surface area contributed by atoms with Crippen LogP contribution in [-0.4, -0.2) is 35.4 Å². The number of nitrogens with zero attached hydrogens (tertiary/aromatic N) is 2. The second kappa shape index (κ2) is 5.91. The first-order valence-electron chi connectivity index (χ1n) is 7.47. The summed E-state index contributed by atoms with van der Waals surface area (Å²) >= 11 is 0. The lowest BCUT2D eigenvalue weighted by Crippen LogP contribution is -2.31. The molecule has 122 valence electrons. The second-order valence-electron chi connectivity index (χ2n) is 5.50. The van der Waals surface area contributed by atoms with Gasteiger partial charge in [0.15, 0.2) is 11.5 Å². The Morgan fingerprint density at radius 2 is 1.26 bits per heavy atom. The third-order valence-corrected chi connectivity index (χ3v) is 4.40. The summed E-state index contributed by atoms with van der Waals surface area (Å²) in [6.07, 6.45) is -0.0348.